The molecule has 0 unspecified atom stereocenters. The third-order valence-electron chi connectivity index (χ3n) is 7.00. The van der Waals surface area contributed by atoms with Gasteiger partial charge in [-0.15, -0.1) is 0 Å². The van der Waals surface area contributed by atoms with Gasteiger partial charge in [-0.1, -0.05) is 24.3 Å². The molecule has 2 N–H and O–H groups in total. The van der Waals surface area contributed by atoms with Crippen LogP contribution in [0.4, 0.5) is 16.0 Å². The number of likely N-dealkylation sites (tertiary alicyclic amines) is 1. The van der Waals surface area contributed by atoms with Crippen molar-refractivity contribution in [1.82, 2.24) is 14.9 Å². The van der Waals surface area contributed by atoms with E-state index in [-0.39, 0.29) is 23.2 Å². The largest absolute Gasteiger partial charge is 0.337 e. The molecule has 162 valence electrons. The van der Waals surface area contributed by atoms with E-state index >= 15 is 0 Å². The van der Waals surface area contributed by atoms with Crippen LogP contribution in [0.2, 0.25) is 0 Å². The minimum atomic E-state index is -0.294. The van der Waals surface area contributed by atoms with Crippen LogP contribution in [0.1, 0.15) is 35.2 Å². The van der Waals surface area contributed by atoms with Crippen molar-refractivity contribution in [3.8, 4) is 11.1 Å². The molecule has 6 rings (SSSR count). The van der Waals surface area contributed by atoms with E-state index in [4.69, 9.17) is 5.73 Å². The normalized spacial score (nSPS) is 20.6. The molecule has 3 aromatic rings. The summed E-state index contributed by atoms with van der Waals surface area (Å²) in [4.78, 5) is 26.1. The second-order valence-electron chi connectivity index (χ2n) is 9.15. The summed E-state index contributed by atoms with van der Waals surface area (Å²) in [6.07, 6.45) is 6.42. The van der Waals surface area contributed by atoms with Crippen molar-refractivity contribution < 1.29 is 9.18 Å². The second-order valence-corrected chi connectivity index (χ2v) is 9.15. The molecular weight excluding hydrogens is 405 g/mol. The Labute approximate surface area is 185 Å². The molecule has 2 aromatic carbocycles. The van der Waals surface area contributed by atoms with E-state index in [1.807, 2.05) is 17.0 Å². The summed E-state index contributed by atoms with van der Waals surface area (Å²) in [5, 5.41) is 0. The minimum absolute atomic E-state index is 0.0215. The predicted octanol–water partition coefficient (Wildman–Crippen LogP) is 3.64. The summed E-state index contributed by atoms with van der Waals surface area (Å²) < 4.78 is 14.1. The maximum Gasteiger partial charge on any atom is 0.253 e. The van der Waals surface area contributed by atoms with E-state index in [1.54, 1.807) is 30.6 Å². The molecule has 3 aliphatic rings. The predicted molar refractivity (Wildman–Crippen MR) is 120 cm³/mol. The summed E-state index contributed by atoms with van der Waals surface area (Å²) in [7, 11) is 0. The number of carbonyl (C=O) groups excluding carboxylic acids is 1. The number of halogens is 1. The first-order valence-electron chi connectivity index (χ1n) is 11.1. The Morgan fingerprint density at radius 3 is 2.59 bits per heavy atom. The lowest BCUT2D eigenvalue weighted by Gasteiger charge is -2.20. The van der Waals surface area contributed by atoms with Gasteiger partial charge in [-0.3, -0.25) is 4.79 Å². The molecule has 1 spiro atoms. The van der Waals surface area contributed by atoms with Crippen LogP contribution in [0.3, 0.4) is 0 Å². The molecule has 0 radical (unpaired) electrons. The Bertz CT molecular complexity index is 1210. The Hall–Kier alpha value is -3.32. The number of hydrogen-bond donors (Lipinski definition) is 1. The highest BCUT2D eigenvalue weighted by Gasteiger charge is 2.52. The highest BCUT2D eigenvalue weighted by Crippen LogP contribution is 2.57. The monoisotopic (exact) mass is 429 g/mol. The zero-order valence-corrected chi connectivity index (χ0v) is 17.7. The minimum Gasteiger partial charge on any atom is -0.337 e. The van der Waals surface area contributed by atoms with Gasteiger partial charge in [0.25, 0.3) is 5.91 Å². The first kappa shape index (κ1) is 19.4. The number of nitrogens with two attached hydrogens (primary N) is 1. The number of fused-ring (bicyclic) bond motifs is 2. The molecule has 1 aromatic heterocycles. The van der Waals surface area contributed by atoms with Crippen LogP contribution < -0.4 is 10.6 Å². The number of anilines is 2. The lowest BCUT2D eigenvalue weighted by Crippen LogP contribution is -2.31. The first-order valence-corrected chi connectivity index (χ1v) is 11.1. The number of carbonyl (C=O) groups is 1. The first-order chi connectivity index (χ1) is 15.5. The number of hydrogen-bond acceptors (Lipinski definition) is 5. The van der Waals surface area contributed by atoms with Gasteiger partial charge in [0.2, 0.25) is 5.95 Å². The lowest BCUT2D eigenvalue weighted by atomic mass is 9.97. The van der Waals surface area contributed by atoms with E-state index in [0.717, 1.165) is 31.5 Å². The van der Waals surface area contributed by atoms with Gasteiger partial charge >= 0.3 is 0 Å². The van der Waals surface area contributed by atoms with Gasteiger partial charge in [0, 0.05) is 65.9 Å². The lowest BCUT2D eigenvalue weighted by molar-refractivity contribution is 0.0791. The van der Waals surface area contributed by atoms with E-state index in [2.05, 4.69) is 20.9 Å². The van der Waals surface area contributed by atoms with Crippen LogP contribution >= 0.6 is 0 Å². The molecule has 6 nitrogen and oxygen atoms in total. The molecule has 1 atom stereocenters. The van der Waals surface area contributed by atoms with Crippen molar-refractivity contribution >= 4 is 17.5 Å². The molecule has 7 heteroatoms. The molecule has 2 aliphatic heterocycles. The maximum atomic E-state index is 14.1. The van der Waals surface area contributed by atoms with Gasteiger partial charge in [-0.05, 0) is 43.0 Å². The van der Waals surface area contributed by atoms with E-state index in [9.17, 15) is 9.18 Å². The molecule has 2 fully saturated rings. The van der Waals surface area contributed by atoms with E-state index < -0.39 is 0 Å². The third-order valence-corrected chi connectivity index (χ3v) is 7.00. The fraction of sp³-hybridized carbons (Fsp3) is 0.320. The Morgan fingerprint density at radius 2 is 1.91 bits per heavy atom. The van der Waals surface area contributed by atoms with Crippen molar-refractivity contribution in [3.05, 3.63) is 71.8 Å². The molecule has 1 aliphatic carbocycles. The third kappa shape index (κ3) is 3.07. The van der Waals surface area contributed by atoms with Gasteiger partial charge in [-0.25, -0.2) is 14.4 Å². The van der Waals surface area contributed by atoms with Crippen LogP contribution in [0.15, 0.2) is 54.9 Å². The Morgan fingerprint density at radius 1 is 1.12 bits per heavy atom. The van der Waals surface area contributed by atoms with Gasteiger partial charge < -0.3 is 15.5 Å². The number of rotatable bonds is 3. The van der Waals surface area contributed by atoms with Crippen LogP contribution in [-0.2, 0) is 5.41 Å². The SMILES string of the molecule is N[C@@H]1CCN(C(=O)c2ccc3c(c2)N(c2ncc(-c4ccccc4F)cn2)CC32CC2)C1. The zero-order chi connectivity index (χ0) is 21.9. The van der Waals surface area contributed by atoms with Gasteiger partial charge in [-0.2, -0.15) is 0 Å². The average Bonchev–Trinajstić information content (AvgIpc) is 3.35. The van der Waals surface area contributed by atoms with Gasteiger partial charge in [0.1, 0.15) is 5.82 Å². The number of aromatic nitrogens is 2. The Balaban J connectivity index is 1.33. The van der Waals surface area contributed by atoms with Crippen molar-refractivity contribution in [2.45, 2.75) is 30.7 Å². The zero-order valence-electron chi connectivity index (χ0n) is 17.7. The topological polar surface area (TPSA) is 75.3 Å². The van der Waals surface area contributed by atoms with Crippen molar-refractivity contribution in [2.24, 2.45) is 5.73 Å². The Kier molecular flexibility index (Phi) is 4.30. The molecule has 0 bridgehead atoms. The maximum absolute atomic E-state index is 14.1. The summed E-state index contributed by atoms with van der Waals surface area (Å²) in [6.45, 7) is 2.10. The molecule has 1 saturated heterocycles. The number of benzene rings is 2. The summed E-state index contributed by atoms with van der Waals surface area (Å²) >= 11 is 0. The van der Waals surface area contributed by atoms with Gasteiger partial charge in [0.15, 0.2) is 0 Å². The fourth-order valence-corrected chi connectivity index (χ4v) is 5.02. The number of nitrogens with zero attached hydrogens (tertiary/aromatic N) is 4. The number of amides is 1. The summed E-state index contributed by atoms with van der Waals surface area (Å²) in [5.41, 5.74) is 10.2. The van der Waals surface area contributed by atoms with E-state index in [0.29, 0.717) is 35.7 Å². The molecule has 1 amide bonds. The fourth-order valence-electron chi connectivity index (χ4n) is 5.02. The van der Waals surface area contributed by atoms with E-state index in [1.165, 1.54) is 11.6 Å². The van der Waals surface area contributed by atoms with Crippen molar-refractivity contribution in [3.63, 3.8) is 0 Å². The quantitative estimate of drug-likeness (QED) is 0.688. The highest BCUT2D eigenvalue weighted by molar-refractivity contribution is 5.96. The summed E-state index contributed by atoms with van der Waals surface area (Å²) in [5.74, 6) is 0.299. The smallest absolute Gasteiger partial charge is 0.253 e. The molecule has 1 saturated carbocycles. The highest BCUT2D eigenvalue weighted by atomic mass is 19.1. The molecule has 3 heterocycles. The van der Waals surface area contributed by atoms with Crippen LogP contribution in [0.5, 0.6) is 0 Å². The van der Waals surface area contributed by atoms with Crippen LogP contribution in [0, 0.1) is 5.82 Å². The van der Waals surface area contributed by atoms with Gasteiger partial charge in [0.05, 0.1) is 0 Å². The molecular formula is C25H24FN5O. The molecule has 32 heavy (non-hydrogen) atoms. The average molecular weight is 429 g/mol. The second kappa shape index (κ2) is 7.10. The standard InChI is InChI=1S/C25H24FN5O/c26-21-4-2-1-3-19(21)17-12-28-24(29-13-17)31-15-25(8-9-25)20-6-5-16(11-22(20)31)23(32)30-10-7-18(27)14-30/h1-6,11-13,18H,7-10,14-15,27H2/t18-/m1/s1. The van der Waals surface area contributed by atoms with Crippen molar-refractivity contribution in [1.29, 1.82) is 0 Å². The van der Waals surface area contributed by atoms with Crippen LogP contribution in [-0.4, -0.2) is 46.5 Å². The van der Waals surface area contributed by atoms with Crippen LogP contribution in [0.25, 0.3) is 11.1 Å². The summed E-state index contributed by atoms with van der Waals surface area (Å²) in [6, 6.07) is 12.7. The van der Waals surface area contributed by atoms with Crippen molar-refractivity contribution in [2.75, 3.05) is 24.5 Å².